The van der Waals surface area contributed by atoms with Crippen molar-refractivity contribution in [1.29, 1.82) is 0 Å². The maximum Gasteiger partial charge on any atom is 0.220 e. The van der Waals surface area contributed by atoms with Gasteiger partial charge in [0.05, 0.1) is 13.2 Å². The number of carbonyl (C=O) groups is 1. The molecule has 0 aliphatic carbocycles. The van der Waals surface area contributed by atoms with Gasteiger partial charge in [-0.3, -0.25) is 4.79 Å². The van der Waals surface area contributed by atoms with Crippen molar-refractivity contribution in [3.05, 3.63) is 63.6 Å². The van der Waals surface area contributed by atoms with Crippen LogP contribution in [0.4, 0.5) is 0 Å². The third-order valence-corrected chi connectivity index (χ3v) is 4.78. The molecule has 1 amide bonds. The molecule has 5 heteroatoms. The number of rotatable bonds is 8. The molecule has 0 radical (unpaired) electrons. The molecule has 0 saturated heterocycles. The molecule has 26 heavy (non-hydrogen) atoms. The number of ether oxygens (including phenoxy) is 1. The Balaban J connectivity index is 2.01. The molecule has 2 aromatic carbocycles. The summed E-state index contributed by atoms with van der Waals surface area (Å²) in [5, 5.41) is 4.35. The predicted octanol–water partition coefficient (Wildman–Crippen LogP) is 5.84. The zero-order valence-corrected chi connectivity index (χ0v) is 16.9. The van der Waals surface area contributed by atoms with Crippen molar-refractivity contribution >= 4 is 29.1 Å². The van der Waals surface area contributed by atoms with Crippen LogP contribution in [0.25, 0.3) is 0 Å². The Bertz CT molecular complexity index is 729. The predicted molar refractivity (Wildman–Crippen MR) is 108 cm³/mol. The van der Waals surface area contributed by atoms with Crippen molar-refractivity contribution in [1.82, 2.24) is 5.32 Å². The van der Waals surface area contributed by atoms with E-state index < -0.39 is 0 Å². The Morgan fingerprint density at radius 2 is 1.81 bits per heavy atom. The van der Waals surface area contributed by atoms with Crippen molar-refractivity contribution in [2.24, 2.45) is 5.92 Å². The molecule has 2 aromatic rings. The molecule has 1 atom stereocenters. The number of benzene rings is 2. The summed E-state index contributed by atoms with van der Waals surface area (Å²) in [6.07, 6.45) is 1.84. The van der Waals surface area contributed by atoms with Crippen molar-refractivity contribution in [3.8, 4) is 5.75 Å². The maximum absolute atomic E-state index is 12.5. The molecule has 0 aliphatic heterocycles. The van der Waals surface area contributed by atoms with Gasteiger partial charge in [0.15, 0.2) is 0 Å². The third kappa shape index (κ3) is 6.22. The maximum atomic E-state index is 12.5. The number of amides is 1. The molecule has 0 aromatic heterocycles. The smallest absolute Gasteiger partial charge is 0.220 e. The summed E-state index contributed by atoms with van der Waals surface area (Å²) in [7, 11) is 1.64. The van der Waals surface area contributed by atoms with E-state index in [1.165, 1.54) is 0 Å². The Kier molecular flexibility index (Phi) is 7.80. The molecule has 2 rings (SSSR count). The van der Waals surface area contributed by atoms with Crippen LogP contribution in [0.1, 0.15) is 43.9 Å². The highest BCUT2D eigenvalue weighted by molar-refractivity contribution is 6.35. The topological polar surface area (TPSA) is 38.3 Å². The first-order valence-electron chi connectivity index (χ1n) is 8.76. The third-order valence-electron chi connectivity index (χ3n) is 4.20. The first-order chi connectivity index (χ1) is 12.4. The van der Waals surface area contributed by atoms with Crippen LogP contribution in [0.2, 0.25) is 10.0 Å². The second kappa shape index (κ2) is 9.84. The van der Waals surface area contributed by atoms with Gasteiger partial charge in [0.2, 0.25) is 5.91 Å². The van der Waals surface area contributed by atoms with Gasteiger partial charge < -0.3 is 10.1 Å². The normalized spacial score (nSPS) is 12.1. The van der Waals surface area contributed by atoms with Crippen LogP contribution < -0.4 is 10.1 Å². The van der Waals surface area contributed by atoms with Crippen LogP contribution >= 0.6 is 23.2 Å². The highest BCUT2D eigenvalue weighted by Gasteiger charge is 2.16. The van der Waals surface area contributed by atoms with Gasteiger partial charge in [0.1, 0.15) is 5.75 Å². The Morgan fingerprint density at radius 3 is 2.38 bits per heavy atom. The second-order valence-electron chi connectivity index (χ2n) is 6.76. The molecule has 0 fully saturated rings. The molecule has 0 saturated carbocycles. The minimum Gasteiger partial charge on any atom is -0.497 e. The van der Waals surface area contributed by atoms with Crippen LogP contribution in [-0.4, -0.2) is 13.0 Å². The van der Waals surface area contributed by atoms with E-state index in [2.05, 4.69) is 19.2 Å². The minimum atomic E-state index is -0.0194. The van der Waals surface area contributed by atoms with E-state index in [4.69, 9.17) is 27.9 Å². The number of halogens is 2. The zero-order valence-electron chi connectivity index (χ0n) is 15.4. The SMILES string of the molecule is COc1ccc([C@H](CC(C)C)NC(=O)CCc2ccc(Cl)cc2Cl)cc1. The summed E-state index contributed by atoms with van der Waals surface area (Å²) < 4.78 is 5.21. The molecular weight excluding hydrogens is 369 g/mol. The van der Waals surface area contributed by atoms with Gasteiger partial charge in [-0.25, -0.2) is 0 Å². The summed E-state index contributed by atoms with van der Waals surface area (Å²) in [6, 6.07) is 13.2. The number of methoxy groups -OCH3 is 1. The molecule has 3 nitrogen and oxygen atoms in total. The van der Waals surface area contributed by atoms with Gasteiger partial charge in [-0.1, -0.05) is 55.2 Å². The van der Waals surface area contributed by atoms with Crippen LogP contribution in [0.15, 0.2) is 42.5 Å². The van der Waals surface area contributed by atoms with Crippen LogP contribution in [0.5, 0.6) is 5.75 Å². The Labute approximate surface area is 165 Å². The van der Waals surface area contributed by atoms with Crippen LogP contribution in [0.3, 0.4) is 0 Å². The minimum absolute atomic E-state index is 0.0116. The highest BCUT2D eigenvalue weighted by Crippen LogP contribution is 2.25. The standard InChI is InChI=1S/C21H25Cl2NO2/c1-14(2)12-20(16-5-9-18(26-3)10-6-16)24-21(25)11-7-15-4-8-17(22)13-19(15)23/h4-6,8-10,13-14,20H,7,11-12H2,1-3H3,(H,24,25)/t20-/m0/s1. The zero-order chi connectivity index (χ0) is 19.1. The van der Waals surface area contributed by atoms with E-state index in [9.17, 15) is 4.79 Å². The van der Waals surface area contributed by atoms with Gasteiger partial charge in [-0.2, -0.15) is 0 Å². The van der Waals surface area contributed by atoms with E-state index in [-0.39, 0.29) is 11.9 Å². The fourth-order valence-corrected chi connectivity index (χ4v) is 3.33. The number of hydrogen-bond acceptors (Lipinski definition) is 2. The fraction of sp³-hybridized carbons (Fsp3) is 0.381. The average molecular weight is 394 g/mol. The molecule has 0 heterocycles. The first-order valence-corrected chi connectivity index (χ1v) is 9.52. The van der Waals surface area contributed by atoms with E-state index in [1.54, 1.807) is 19.2 Å². The van der Waals surface area contributed by atoms with E-state index in [0.29, 0.717) is 28.8 Å². The van der Waals surface area contributed by atoms with Gasteiger partial charge in [0, 0.05) is 16.5 Å². The van der Waals surface area contributed by atoms with E-state index >= 15 is 0 Å². The molecule has 0 aliphatic rings. The average Bonchev–Trinajstić information content (AvgIpc) is 2.60. The molecule has 0 unspecified atom stereocenters. The lowest BCUT2D eigenvalue weighted by molar-refractivity contribution is -0.121. The largest absolute Gasteiger partial charge is 0.497 e. The van der Waals surface area contributed by atoms with Gasteiger partial charge in [-0.15, -0.1) is 0 Å². The van der Waals surface area contributed by atoms with Gasteiger partial charge >= 0.3 is 0 Å². The lowest BCUT2D eigenvalue weighted by atomic mass is 9.96. The Morgan fingerprint density at radius 1 is 1.12 bits per heavy atom. The molecule has 1 N–H and O–H groups in total. The van der Waals surface area contributed by atoms with Crippen molar-refractivity contribution in [3.63, 3.8) is 0 Å². The number of aryl methyl sites for hydroxylation is 1. The quantitative estimate of drug-likeness (QED) is 0.611. The van der Waals surface area contributed by atoms with Gasteiger partial charge in [-0.05, 0) is 54.2 Å². The molecular formula is C21H25Cl2NO2. The van der Waals surface area contributed by atoms with Crippen molar-refractivity contribution in [2.75, 3.05) is 7.11 Å². The molecule has 0 spiro atoms. The van der Waals surface area contributed by atoms with Crippen LogP contribution in [-0.2, 0) is 11.2 Å². The Hall–Kier alpha value is -1.71. The van der Waals surface area contributed by atoms with E-state index in [0.717, 1.165) is 23.3 Å². The monoisotopic (exact) mass is 393 g/mol. The second-order valence-corrected chi connectivity index (χ2v) is 7.60. The van der Waals surface area contributed by atoms with Gasteiger partial charge in [0.25, 0.3) is 0 Å². The first kappa shape index (κ1) is 20.6. The summed E-state index contributed by atoms with van der Waals surface area (Å²) in [4.78, 5) is 12.5. The molecule has 140 valence electrons. The molecule has 0 bridgehead atoms. The van der Waals surface area contributed by atoms with Crippen LogP contribution in [0, 0.1) is 5.92 Å². The highest BCUT2D eigenvalue weighted by atomic mass is 35.5. The summed E-state index contributed by atoms with van der Waals surface area (Å²) in [5.41, 5.74) is 2.01. The summed E-state index contributed by atoms with van der Waals surface area (Å²) in [6.45, 7) is 4.30. The summed E-state index contributed by atoms with van der Waals surface area (Å²) in [5.74, 6) is 1.28. The lowest BCUT2D eigenvalue weighted by Crippen LogP contribution is -2.29. The fourth-order valence-electron chi connectivity index (χ4n) is 2.83. The number of hydrogen-bond donors (Lipinski definition) is 1. The summed E-state index contributed by atoms with van der Waals surface area (Å²) >= 11 is 12.1. The number of nitrogens with one attached hydrogen (secondary N) is 1. The van der Waals surface area contributed by atoms with Crippen molar-refractivity contribution < 1.29 is 9.53 Å². The number of carbonyl (C=O) groups excluding carboxylic acids is 1. The lowest BCUT2D eigenvalue weighted by Gasteiger charge is -2.21. The van der Waals surface area contributed by atoms with Crippen molar-refractivity contribution in [2.45, 2.75) is 39.2 Å². The van der Waals surface area contributed by atoms with E-state index in [1.807, 2.05) is 30.3 Å².